The van der Waals surface area contributed by atoms with Gasteiger partial charge in [-0.05, 0) is 6.07 Å². The average Bonchev–Trinajstić information content (AvgIpc) is 2.58. The van der Waals surface area contributed by atoms with Crippen LogP contribution in [0.4, 0.5) is 0 Å². The Morgan fingerprint density at radius 3 is 2.48 bits per heavy atom. The molecule has 1 heterocycles. The maximum absolute atomic E-state index is 12.9. The number of quaternary nitrogens is 1. The molecule has 7 heteroatoms. The number of carbonyl (C=O) groups excluding carboxylic acids is 2. The van der Waals surface area contributed by atoms with Gasteiger partial charge in [-0.2, -0.15) is 0 Å². The van der Waals surface area contributed by atoms with E-state index >= 15 is 0 Å². The molecule has 0 saturated heterocycles. The Bertz CT molecular complexity index is 803. The summed E-state index contributed by atoms with van der Waals surface area (Å²) in [5.41, 5.74) is -0.111. The summed E-state index contributed by atoms with van der Waals surface area (Å²) >= 11 is 5.96. The molecule has 0 saturated carbocycles. The van der Waals surface area contributed by atoms with Gasteiger partial charge in [-0.15, -0.1) is 0 Å². The minimum absolute atomic E-state index is 0.274. The van der Waals surface area contributed by atoms with E-state index in [-0.39, 0.29) is 5.02 Å². The average molecular weight is 363 g/mol. The molecule has 132 valence electrons. The van der Waals surface area contributed by atoms with Crippen LogP contribution >= 0.6 is 11.6 Å². The van der Waals surface area contributed by atoms with Crippen molar-refractivity contribution in [2.45, 2.75) is 6.04 Å². The fourth-order valence-corrected chi connectivity index (χ4v) is 2.51. The standard InChI is InChI=1S/C18H20ClN3O3/c1-21(2)11-10-20-18(25)16(17(24)13-6-4-3-5-7-13)22-12-14(19)8-9-15(22)23/h3-9,12,16H,10-11H2,1-2H3,(H,20,25)/p+1/t16-/m0/s1. The van der Waals surface area contributed by atoms with E-state index in [4.69, 9.17) is 11.6 Å². The third kappa shape index (κ3) is 5.01. The van der Waals surface area contributed by atoms with Crippen LogP contribution < -0.4 is 15.8 Å². The fraction of sp³-hybridized carbons (Fsp3) is 0.278. The van der Waals surface area contributed by atoms with Crippen molar-refractivity contribution in [1.29, 1.82) is 0 Å². The summed E-state index contributed by atoms with van der Waals surface area (Å²) < 4.78 is 1.08. The van der Waals surface area contributed by atoms with E-state index < -0.39 is 23.3 Å². The molecule has 1 atom stereocenters. The number of nitrogens with zero attached hydrogens (tertiary/aromatic N) is 1. The maximum atomic E-state index is 12.9. The summed E-state index contributed by atoms with van der Waals surface area (Å²) in [6, 6.07) is 9.78. The lowest BCUT2D eigenvalue weighted by atomic mass is 10.0. The number of ketones is 1. The highest BCUT2D eigenvalue weighted by molar-refractivity contribution is 6.30. The first-order valence-electron chi connectivity index (χ1n) is 7.94. The number of likely N-dealkylation sites (N-methyl/N-ethyl adjacent to an activating group) is 1. The molecule has 0 unspecified atom stereocenters. The van der Waals surface area contributed by atoms with Gasteiger partial charge in [-0.3, -0.25) is 19.0 Å². The Kier molecular flexibility index (Phi) is 6.50. The van der Waals surface area contributed by atoms with Crippen LogP contribution in [0.15, 0.2) is 53.5 Å². The number of aromatic nitrogens is 1. The third-order valence-corrected chi connectivity index (χ3v) is 3.88. The molecule has 0 bridgehead atoms. The molecular formula is C18H21ClN3O3+. The second-order valence-corrected chi connectivity index (χ2v) is 6.41. The molecule has 0 aliphatic rings. The molecule has 25 heavy (non-hydrogen) atoms. The van der Waals surface area contributed by atoms with E-state index in [0.29, 0.717) is 18.7 Å². The van der Waals surface area contributed by atoms with Crippen molar-refractivity contribution >= 4 is 23.3 Å². The predicted octanol–water partition coefficient (Wildman–Crippen LogP) is 0.186. The molecule has 2 aromatic rings. The van der Waals surface area contributed by atoms with Crippen molar-refractivity contribution in [2.24, 2.45) is 0 Å². The van der Waals surface area contributed by atoms with E-state index in [0.717, 1.165) is 9.47 Å². The molecule has 2 rings (SSSR count). The molecule has 2 N–H and O–H groups in total. The van der Waals surface area contributed by atoms with Crippen LogP contribution in [0.1, 0.15) is 16.4 Å². The summed E-state index contributed by atoms with van der Waals surface area (Å²) in [7, 11) is 3.92. The highest BCUT2D eigenvalue weighted by atomic mass is 35.5. The summed E-state index contributed by atoms with van der Waals surface area (Å²) in [5.74, 6) is -0.987. The Labute approximate surface area is 151 Å². The fourth-order valence-electron chi connectivity index (χ4n) is 2.34. The van der Waals surface area contributed by atoms with Crippen LogP contribution in [0, 0.1) is 0 Å². The normalized spacial score (nSPS) is 12.0. The number of carbonyl (C=O) groups is 2. The van der Waals surface area contributed by atoms with E-state index in [1.54, 1.807) is 30.3 Å². The van der Waals surface area contributed by atoms with Crippen LogP contribution in [0.5, 0.6) is 0 Å². The number of Topliss-reactive ketones (excluding diaryl/α,β-unsaturated/α-hetero) is 1. The molecule has 1 amide bonds. The number of rotatable bonds is 7. The Morgan fingerprint density at radius 1 is 1.16 bits per heavy atom. The number of benzene rings is 1. The van der Waals surface area contributed by atoms with Crippen molar-refractivity contribution < 1.29 is 14.5 Å². The maximum Gasteiger partial charge on any atom is 0.251 e. The van der Waals surface area contributed by atoms with Crippen LogP contribution in [0.3, 0.4) is 0 Å². The van der Waals surface area contributed by atoms with Gasteiger partial charge in [0.2, 0.25) is 0 Å². The number of amides is 1. The van der Waals surface area contributed by atoms with Crippen molar-refractivity contribution in [3.63, 3.8) is 0 Å². The van der Waals surface area contributed by atoms with Gasteiger partial charge in [0.1, 0.15) is 0 Å². The van der Waals surface area contributed by atoms with E-state index in [2.05, 4.69) is 5.32 Å². The van der Waals surface area contributed by atoms with Gasteiger partial charge in [-0.1, -0.05) is 41.9 Å². The number of hydrogen-bond donors (Lipinski definition) is 2. The second-order valence-electron chi connectivity index (χ2n) is 5.97. The van der Waals surface area contributed by atoms with Gasteiger partial charge in [0.15, 0.2) is 11.8 Å². The minimum atomic E-state index is -1.30. The smallest absolute Gasteiger partial charge is 0.251 e. The van der Waals surface area contributed by atoms with Crippen molar-refractivity contribution in [3.05, 3.63) is 69.6 Å². The van der Waals surface area contributed by atoms with E-state index in [1.165, 1.54) is 18.3 Å². The van der Waals surface area contributed by atoms with Crippen LogP contribution in [-0.4, -0.2) is 43.4 Å². The lowest BCUT2D eigenvalue weighted by Gasteiger charge is -2.19. The molecule has 1 aromatic carbocycles. The van der Waals surface area contributed by atoms with Gasteiger partial charge in [0.25, 0.3) is 11.5 Å². The van der Waals surface area contributed by atoms with Gasteiger partial charge < -0.3 is 10.2 Å². The van der Waals surface area contributed by atoms with Crippen molar-refractivity contribution in [3.8, 4) is 0 Å². The monoisotopic (exact) mass is 362 g/mol. The van der Waals surface area contributed by atoms with E-state index in [1.807, 2.05) is 14.1 Å². The first kappa shape index (κ1) is 18.9. The molecule has 1 aromatic heterocycles. The summed E-state index contributed by atoms with van der Waals surface area (Å²) in [6.45, 7) is 1.09. The SMILES string of the molecule is C[NH+](C)CCNC(=O)[C@H](C(=O)c1ccccc1)n1cc(Cl)ccc1=O. The van der Waals surface area contributed by atoms with Gasteiger partial charge in [0.05, 0.1) is 32.2 Å². The number of pyridine rings is 1. The molecule has 0 spiro atoms. The molecular weight excluding hydrogens is 342 g/mol. The summed E-state index contributed by atoms with van der Waals surface area (Å²) in [4.78, 5) is 38.9. The highest BCUT2D eigenvalue weighted by Crippen LogP contribution is 2.15. The van der Waals surface area contributed by atoms with Crippen LogP contribution in [-0.2, 0) is 4.79 Å². The lowest BCUT2D eigenvalue weighted by Crippen LogP contribution is -3.06. The second kappa shape index (κ2) is 8.60. The zero-order chi connectivity index (χ0) is 18.4. The van der Waals surface area contributed by atoms with Crippen LogP contribution in [0.25, 0.3) is 0 Å². The third-order valence-electron chi connectivity index (χ3n) is 3.66. The van der Waals surface area contributed by atoms with Crippen LogP contribution in [0.2, 0.25) is 5.02 Å². The molecule has 0 aliphatic carbocycles. The van der Waals surface area contributed by atoms with E-state index in [9.17, 15) is 14.4 Å². The zero-order valence-corrected chi connectivity index (χ0v) is 14.9. The molecule has 0 aliphatic heterocycles. The predicted molar refractivity (Wildman–Crippen MR) is 96.2 cm³/mol. The molecule has 0 fully saturated rings. The first-order chi connectivity index (χ1) is 11.9. The topological polar surface area (TPSA) is 72.6 Å². The highest BCUT2D eigenvalue weighted by Gasteiger charge is 2.30. The lowest BCUT2D eigenvalue weighted by molar-refractivity contribution is -0.856. The zero-order valence-electron chi connectivity index (χ0n) is 14.2. The van der Waals surface area contributed by atoms with Crippen molar-refractivity contribution in [2.75, 3.05) is 27.2 Å². The number of hydrogen-bond acceptors (Lipinski definition) is 3. The Hall–Kier alpha value is -2.44. The Balaban J connectivity index is 2.37. The summed E-state index contributed by atoms with van der Waals surface area (Å²) in [5, 5.41) is 3.00. The largest absolute Gasteiger partial charge is 0.348 e. The first-order valence-corrected chi connectivity index (χ1v) is 8.31. The quantitative estimate of drug-likeness (QED) is 0.545. The van der Waals surface area contributed by atoms with Gasteiger partial charge in [0, 0.05) is 17.8 Å². The Morgan fingerprint density at radius 2 is 1.84 bits per heavy atom. The molecule has 0 radical (unpaired) electrons. The number of halogens is 1. The molecule has 6 nitrogen and oxygen atoms in total. The van der Waals surface area contributed by atoms with Gasteiger partial charge in [-0.25, -0.2) is 0 Å². The number of nitrogens with one attached hydrogen (secondary N) is 2. The van der Waals surface area contributed by atoms with Crippen molar-refractivity contribution in [1.82, 2.24) is 9.88 Å². The minimum Gasteiger partial charge on any atom is -0.348 e. The van der Waals surface area contributed by atoms with Gasteiger partial charge >= 0.3 is 0 Å². The summed E-state index contributed by atoms with van der Waals surface area (Å²) in [6.07, 6.45) is 1.31.